The number of allylic oxidation sites excluding steroid dienone is 3. The van der Waals surface area contributed by atoms with Crippen LogP contribution in [0.3, 0.4) is 0 Å². The Morgan fingerprint density at radius 2 is 1.66 bits per heavy atom. The van der Waals surface area contributed by atoms with Crippen molar-refractivity contribution in [3.8, 4) is 11.5 Å². The first-order valence-electron chi connectivity index (χ1n) is 15.1. The molecule has 7 nitrogen and oxygen atoms in total. The summed E-state index contributed by atoms with van der Waals surface area (Å²) in [6, 6.07) is 3.96. The van der Waals surface area contributed by atoms with Crippen molar-refractivity contribution in [3.05, 3.63) is 47.1 Å². The molecule has 0 amide bonds. The summed E-state index contributed by atoms with van der Waals surface area (Å²) in [5.74, 6) is 0.546. The molecule has 1 aromatic rings. The number of hydrogen-bond donors (Lipinski definition) is 0. The fraction of sp³-hybridized carbons (Fsp3) is 0.656. The van der Waals surface area contributed by atoms with Gasteiger partial charge in [0.1, 0.15) is 11.5 Å². The van der Waals surface area contributed by atoms with Crippen LogP contribution >= 0.6 is 15.0 Å². The highest BCUT2D eigenvalue weighted by molar-refractivity contribution is 7.58. The molecule has 0 fully saturated rings. The Kier molecular flexibility index (Phi) is 14.4. The predicted octanol–water partition coefficient (Wildman–Crippen LogP) is 9.69. The van der Waals surface area contributed by atoms with Gasteiger partial charge in [-0.1, -0.05) is 56.9 Å². The van der Waals surface area contributed by atoms with Gasteiger partial charge >= 0.3 is 13.6 Å². The quantitative estimate of drug-likeness (QED) is 0.0708. The standard InChI is InChI=1S/C32H52O7P2/c1-9-11-13-15-27-22-30(38-40(8,34)19-12-10-2)32(29-21-25(5)16-17-28(29)24(3)4)31(23-27)39-41(35,36-7)20-14-18-37-26(6)33/h21-23,28-29H,3,9-20H2,1-2,4-8H3. The molecule has 232 valence electrons. The zero-order valence-corrected chi connectivity index (χ0v) is 28.1. The lowest BCUT2D eigenvalue weighted by Crippen LogP contribution is -2.19. The van der Waals surface area contributed by atoms with E-state index >= 15 is 0 Å². The van der Waals surface area contributed by atoms with Gasteiger partial charge in [0.15, 0.2) is 0 Å². The number of benzene rings is 1. The van der Waals surface area contributed by atoms with E-state index < -0.39 is 15.0 Å². The Morgan fingerprint density at radius 1 is 1.00 bits per heavy atom. The van der Waals surface area contributed by atoms with Gasteiger partial charge in [-0.2, -0.15) is 0 Å². The van der Waals surface area contributed by atoms with Crippen molar-refractivity contribution < 1.29 is 32.2 Å². The average Bonchev–Trinajstić information content (AvgIpc) is 2.89. The largest absolute Gasteiger partial charge is 0.466 e. The minimum atomic E-state index is -3.62. The van der Waals surface area contributed by atoms with E-state index in [0.29, 0.717) is 24.1 Å². The minimum Gasteiger partial charge on any atom is -0.466 e. The SMILES string of the molecule is C=C(C)C1CCC(C)=CC1c1c(OP(C)(=O)CCCC)cc(CCCCC)cc1OP(=O)(CCCOC(C)=O)OC. The van der Waals surface area contributed by atoms with Crippen LogP contribution in [0, 0.1) is 5.92 Å². The van der Waals surface area contributed by atoms with Gasteiger partial charge in [-0.05, 0) is 76.0 Å². The number of carbonyl (C=O) groups excluding carboxylic acids is 1. The molecule has 4 atom stereocenters. The van der Waals surface area contributed by atoms with Gasteiger partial charge in [0.2, 0.25) is 7.37 Å². The molecule has 41 heavy (non-hydrogen) atoms. The van der Waals surface area contributed by atoms with Crippen LogP contribution in [0.2, 0.25) is 0 Å². The first-order valence-corrected chi connectivity index (χ1v) is 19.1. The molecular formula is C32H52O7P2. The summed E-state index contributed by atoms with van der Waals surface area (Å²) < 4.78 is 50.9. The maximum Gasteiger partial charge on any atom is 0.379 e. The highest BCUT2D eigenvalue weighted by atomic mass is 31.2. The molecule has 0 saturated heterocycles. The first kappa shape index (κ1) is 35.4. The Balaban J connectivity index is 2.71. The van der Waals surface area contributed by atoms with E-state index in [9.17, 15) is 13.9 Å². The molecule has 2 rings (SSSR count). The molecule has 0 aliphatic heterocycles. The Morgan fingerprint density at radius 3 is 2.24 bits per heavy atom. The minimum absolute atomic E-state index is 0.0820. The molecule has 1 aliphatic carbocycles. The van der Waals surface area contributed by atoms with Crippen LogP contribution in [0.25, 0.3) is 0 Å². The summed E-state index contributed by atoms with van der Waals surface area (Å²) in [6.45, 7) is 15.8. The number of rotatable bonds is 18. The zero-order chi connectivity index (χ0) is 30.6. The second kappa shape index (κ2) is 16.7. The Hall–Kier alpha value is -1.81. The molecule has 4 unspecified atom stereocenters. The van der Waals surface area contributed by atoms with E-state index in [0.717, 1.165) is 68.1 Å². The van der Waals surface area contributed by atoms with Crippen LogP contribution in [-0.2, 0) is 29.6 Å². The van der Waals surface area contributed by atoms with Crippen molar-refractivity contribution in [2.24, 2.45) is 5.92 Å². The highest BCUT2D eigenvalue weighted by Crippen LogP contribution is 2.56. The normalized spacial score (nSPS) is 19.9. The maximum absolute atomic E-state index is 13.9. The maximum atomic E-state index is 13.9. The molecule has 0 N–H and O–H groups in total. The summed E-state index contributed by atoms with van der Waals surface area (Å²) >= 11 is 0. The number of aryl methyl sites for hydroxylation is 1. The molecule has 1 aliphatic rings. The van der Waals surface area contributed by atoms with E-state index in [2.05, 4.69) is 33.4 Å². The van der Waals surface area contributed by atoms with Gasteiger partial charge in [-0.3, -0.25) is 9.36 Å². The predicted molar refractivity (Wildman–Crippen MR) is 169 cm³/mol. The lowest BCUT2D eigenvalue weighted by Gasteiger charge is -2.34. The van der Waals surface area contributed by atoms with Crippen molar-refractivity contribution in [3.63, 3.8) is 0 Å². The fourth-order valence-electron chi connectivity index (χ4n) is 5.26. The monoisotopic (exact) mass is 610 g/mol. The highest BCUT2D eigenvalue weighted by Gasteiger charge is 2.35. The number of hydrogen-bond acceptors (Lipinski definition) is 7. The Labute approximate surface area is 248 Å². The second-order valence-corrected chi connectivity index (χ2v) is 16.4. The molecule has 0 aromatic heterocycles. The van der Waals surface area contributed by atoms with Crippen LogP contribution in [0.15, 0.2) is 35.9 Å². The molecular weight excluding hydrogens is 558 g/mol. The second-order valence-electron chi connectivity index (χ2n) is 11.5. The van der Waals surface area contributed by atoms with Crippen LogP contribution in [0.4, 0.5) is 0 Å². The summed E-state index contributed by atoms with van der Waals surface area (Å²) in [5, 5.41) is 0. The van der Waals surface area contributed by atoms with Crippen molar-refractivity contribution >= 4 is 20.9 Å². The van der Waals surface area contributed by atoms with E-state index in [4.69, 9.17) is 18.3 Å². The van der Waals surface area contributed by atoms with Crippen molar-refractivity contribution in [2.75, 3.05) is 32.7 Å². The topological polar surface area (TPSA) is 88.1 Å². The molecule has 1 aromatic carbocycles. The third kappa shape index (κ3) is 11.4. The number of esters is 1. The van der Waals surface area contributed by atoms with Gasteiger partial charge in [0, 0.05) is 38.3 Å². The van der Waals surface area contributed by atoms with Crippen LogP contribution in [0.1, 0.15) is 103 Å². The smallest absolute Gasteiger partial charge is 0.379 e. The van der Waals surface area contributed by atoms with Gasteiger partial charge in [0.25, 0.3) is 0 Å². The van der Waals surface area contributed by atoms with Crippen LogP contribution < -0.4 is 9.05 Å². The molecule has 0 saturated carbocycles. The lowest BCUT2D eigenvalue weighted by molar-refractivity contribution is -0.140. The molecule has 0 heterocycles. The van der Waals surface area contributed by atoms with E-state index in [1.165, 1.54) is 19.6 Å². The third-order valence-corrected chi connectivity index (χ3v) is 11.2. The molecule has 9 heteroatoms. The summed E-state index contributed by atoms with van der Waals surface area (Å²) in [7, 11) is -5.22. The summed E-state index contributed by atoms with van der Waals surface area (Å²) in [5.41, 5.74) is 4.02. The first-order chi connectivity index (χ1) is 19.3. The van der Waals surface area contributed by atoms with Crippen molar-refractivity contribution in [2.45, 2.75) is 98.3 Å². The molecule has 0 radical (unpaired) electrons. The Bertz CT molecular complexity index is 1160. The molecule has 0 spiro atoms. The number of carbonyl (C=O) groups is 1. The van der Waals surface area contributed by atoms with E-state index in [1.54, 1.807) is 6.66 Å². The van der Waals surface area contributed by atoms with Gasteiger partial charge in [-0.15, -0.1) is 0 Å². The van der Waals surface area contributed by atoms with Gasteiger partial charge in [0.05, 0.1) is 12.8 Å². The van der Waals surface area contributed by atoms with E-state index in [-0.39, 0.29) is 30.6 Å². The van der Waals surface area contributed by atoms with E-state index in [1.807, 2.05) is 19.1 Å². The van der Waals surface area contributed by atoms with Crippen LogP contribution in [-0.4, -0.2) is 38.7 Å². The van der Waals surface area contributed by atoms with Gasteiger partial charge < -0.3 is 18.3 Å². The fourth-order valence-corrected chi connectivity index (χ4v) is 8.13. The molecule has 0 bridgehead atoms. The van der Waals surface area contributed by atoms with Crippen molar-refractivity contribution in [1.82, 2.24) is 0 Å². The number of ether oxygens (including phenoxy) is 1. The average molecular weight is 611 g/mol. The van der Waals surface area contributed by atoms with Gasteiger partial charge in [-0.25, -0.2) is 4.57 Å². The number of unbranched alkanes of at least 4 members (excludes halogenated alkanes) is 3. The third-order valence-electron chi connectivity index (χ3n) is 7.55. The van der Waals surface area contributed by atoms with Crippen LogP contribution in [0.5, 0.6) is 11.5 Å². The van der Waals surface area contributed by atoms with Crippen molar-refractivity contribution in [1.29, 1.82) is 0 Å². The summed E-state index contributed by atoms with van der Waals surface area (Å²) in [4.78, 5) is 11.2. The summed E-state index contributed by atoms with van der Waals surface area (Å²) in [6.07, 6.45) is 10.7. The lowest BCUT2D eigenvalue weighted by atomic mass is 9.73. The zero-order valence-electron chi connectivity index (χ0n) is 26.3.